The van der Waals surface area contributed by atoms with E-state index in [1.165, 1.54) is 4.88 Å². The third-order valence-corrected chi connectivity index (χ3v) is 4.04. The highest BCUT2D eigenvalue weighted by molar-refractivity contribution is 9.10. The second kappa shape index (κ2) is 7.81. The number of nitrogens with one attached hydrogen (secondary N) is 2. The van der Waals surface area contributed by atoms with Crippen molar-refractivity contribution in [2.45, 2.75) is 26.3 Å². The molecule has 0 aromatic carbocycles. The zero-order valence-electron chi connectivity index (χ0n) is 9.38. The van der Waals surface area contributed by atoms with Crippen molar-refractivity contribution < 1.29 is 4.79 Å². The Morgan fingerprint density at radius 3 is 3.00 bits per heavy atom. The van der Waals surface area contributed by atoms with Crippen molar-refractivity contribution in [1.82, 2.24) is 10.6 Å². The quantitative estimate of drug-likeness (QED) is 0.760. The van der Waals surface area contributed by atoms with Crippen molar-refractivity contribution >= 4 is 33.2 Å². The zero-order valence-corrected chi connectivity index (χ0v) is 11.8. The van der Waals surface area contributed by atoms with E-state index in [-0.39, 0.29) is 5.91 Å². The van der Waals surface area contributed by atoms with Gasteiger partial charge in [-0.2, -0.15) is 0 Å². The first-order chi connectivity index (χ1) is 7.74. The van der Waals surface area contributed by atoms with E-state index in [0.717, 1.165) is 30.4 Å². The summed E-state index contributed by atoms with van der Waals surface area (Å²) in [4.78, 5) is 12.6. The van der Waals surface area contributed by atoms with Gasteiger partial charge in [-0.1, -0.05) is 13.3 Å². The normalized spacial score (nSPS) is 10.4. The largest absolute Gasteiger partial charge is 0.355 e. The Hall–Kier alpha value is -0.390. The molecular weight excluding hydrogens is 288 g/mol. The predicted molar refractivity (Wildman–Crippen MR) is 71.6 cm³/mol. The molecule has 0 spiro atoms. The lowest BCUT2D eigenvalue weighted by Gasteiger charge is -2.05. The molecule has 90 valence electrons. The lowest BCUT2D eigenvalue weighted by molar-refractivity contribution is -0.120. The maximum atomic E-state index is 11.3. The summed E-state index contributed by atoms with van der Waals surface area (Å²) in [7, 11) is 0. The van der Waals surface area contributed by atoms with Crippen LogP contribution in [0.3, 0.4) is 0 Å². The van der Waals surface area contributed by atoms with Crippen LogP contribution in [-0.4, -0.2) is 19.0 Å². The maximum Gasteiger partial charge on any atom is 0.233 e. The molecule has 1 aromatic rings. The molecule has 1 aromatic heterocycles. The summed E-state index contributed by atoms with van der Waals surface area (Å²) in [5.41, 5.74) is 0. The topological polar surface area (TPSA) is 41.1 Å². The number of rotatable bonds is 7. The molecule has 16 heavy (non-hydrogen) atoms. The van der Waals surface area contributed by atoms with E-state index in [4.69, 9.17) is 0 Å². The first kappa shape index (κ1) is 13.7. The van der Waals surface area contributed by atoms with Gasteiger partial charge in [0.1, 0.15) is 0 Å². The van der Waals surface area contributed by atoms with Crippen molar-refractivity contribution in [2.24, 2.45) is 0 Å². The Morgan fingerprint density at radius 2 is 2.38 bits per heavy atom. The van der Waals surface area contributed by atoms with E-state index >= 15 is 0 Å². The van der Waals surface area contributed by atoms with Gasteiger partial charge >= 0.3 is 0 Å². The Kier molecular flexibility index (Phi) is 6.68. The molecule has 0 unspecified atom stereocenters. The first-order valence-corrected chi connectivity index (χ1v) is 7.10. The Bertz CT molecular complexity index is 328. The fourth-order valence-electron chi connectivity index (χ4n) is 1.21. The van der Waals surface area contributed by atoms with Gasteiger partial charge in [0.15, 0.2) is 0 Å². The first-order valence-electron chi connectivity index (χ1n) is 5.43. The van der Waals surface area contributed by atoms with Crippen LogP contribution in [0.25, 0.3) is 0 Å². The van der Waals surface area contributed by atoms with Crippen LogP contribution in [0, 0.1) is 0 Å². The van der Waals surface area contributed by atoms with Gasteiger partial charge in [-0.15, -0.1) is 11.3 Å². The van der Waals surface area contributed by atoms with Crippen LogP contribution in [0.4, 0.5) is 0 Å². The molecule has 1 heterocycles. The van der Waals surface area contributed by atoms with Crippen LogP contribution in [0.5, 0.6) is 0 Å². The Balaban J connectivity index is 2.11. The number of amides is 1. The van der Waals surface area contributed by atoms with E-state index in [9.17, 15) is 4.79 Å². The second-order valence-corrected chi connectivity index (χ2v) is 5.35. The Morgan fingerprint density at radius 1 is 1.56 bits per heavy atom. The van der Waals surface area contributed by atoms with Gasteiger partial charge in [0.05, 0.1) is 6.54 Å². The molecule has 0 aliphatic rings. The van der Waals surface area contributed by atoms with E-state index in [0.29, 0.717) is 6.54 Å². The molecule has 2 N–H and O–H groups in total. The molecule has 0 saturated heterocycles. The highest BCUT2D eigenvalue weighted by atomic mass is 79.9. The lowest BCUT2D eigenvalue weighted by Crippen LogP contribution is -2.34. The predicted octanol–water partition coefficient (Wildman–Crippen LogP) is 2.52. The van der Waals surface area contributed by atoms with Crippen molar-refractivity contribution in [3.8, 4) is 0 Å². The van der Waals surface area contributed by atoms with Crippen LogP contribution < -0.4 is 10.6 Å². The summed E-state index contributed by atoms with van der Waals surface area (Å²) in [6.07, 6.45) is 2.15. The van der Waals surface area contributed by atoms with Gasteiger partial charge < -0.3 is 10.6 Å². The van der Waals surface area contributed by atoms with Gasteiger partial charge in [-0.25, -0.2) is 0 Å². The van der Waals surface area contributed by atoms with Gasteiger partial charge in [-0.3, -0.25) is 4.79 Å². The second-order valence-electron chi connectivity index (χ2n) is 3.50. The molecule has 0 atom stereocenters. The SMILES string of the molecule is CCCCNC(=O)CNCc1sccc1Br. The molecule has 0 bridgehead atoms. The number of carbonyl (C=O) groups is 1. The van der Waals surface area contributed by atoms with E-state index in [1.54, 1.807) is 11.3 Å². The fourth-order valence-corrected chi connectivity index (χ4v) is 2.67. The number of unbranched alkanes of at least 4 members (excludes halogenated alkanes) is 1. The van der Waals surface area contributed by atoms with Crippen LogP contribution in [0.1, 0.15) is 24.6 Å². The molecule has 0 saturated carbocycles. The highest BCUT2D eigenvalue weighted by Crippen LogP contribution is 2.21. The highest BCUT2D eigenvalue weighted by Gasteiger charge is 2.02. The molecule has 1 amide bonds. The van der Waals surface area contributed by atoms with E-state index in [2.05, 4.69) is 33.5 Å². The number of halogens is 1. The minimum Gasteiger partial charge on any atom is -0.355 e. The molecule has 3 nitrogen and oxygen atoms in total. The summed E-state index contributed by atoms with van der Waals surface area (Å²) in [5.74, 6) is 0.0705. The number of thiophene rings is 1. The van der Waals surface area contributed by atoms with Crippen LogP contribution >= 0.6 is 27.3 Å². The summed E-state index contributed by atoms with van der Waals surface area (Å²) >= 11 is 5.14. The number of hydrogen-bond acceptors (Lipinski definition) is 3. The average molecular weight is 305 g/mol. The minimum atomic E-state index is 0.0705. The summed E-state index contributed by atoms with van der Waals surface area (Å²) in [6.45, 7) is 4.01. The van der Waals surface area contributed by atoms with Crippen molar-refractivity contribution in [1.29, 1.82) is 0 Å². The number of carbonyl (C=O) groups excluding carboxylic acids is 1. The van der Waals surface area contributed by atoms with Crippen LogP contribution in [0.15, 0.2) is 15.9 Å². The van der Waals surface area contributed by atoms with E-state index in [1.807, 2.05) is 11.4 Å². The zero-order chi connectivity index (χ0) is 11.8. The molecule has 0 fully saturated rings. The minimum absolute atomic E-state index is 0.0705. The van der Waals surface area contributed by atoms with Crippen molar-refractivity contribution in [2.75, 3.05) is 13.1 Å². The average Bonchev–Trinajstić information content (AvgIpc) is 2.65. The summed E-state index contributed by atoms with van der Waals surface area (Å²) in [6, 6.07) is 2.02. The third kappa shape index (κ3) is 5.09. The standard InChI is InChI=1S/C11H17BrN2OS/c1-2-3-5-14-11(15)8-13-7-10-9(12)4-6-16-10/h4,6,13H,2-3,5,7-8H2,1H3,(H,14,15). The fraction of sp³-hybridized carbons (Fsp3) is 0.545. The lowest BCUT2D eigenvalue weighted by atomic mass is 10.3. The van der Waals surface area contributed by atoms with Gasteiger partial charge in [0.2, 0.25) is 5.91 Å². The number of hydrogen-bond donors (Lipinski definition) is 2. The molecular formula is C11H17BrN2OS. The molecule has 0 aliphatic carbocycles. The van der Waals surface area contributed by atoms with Crippen molar-refractivity contribution in [3.63, 3.8) is 0 Å². The Labute approximate surface area is 109 Å². The monoisotopic (exact) mass is 304 g/mol. The van der Waals surface area contributed by atoms with Crippen molar-refractivity contribution in [3.05, 3.63) is 20.8 Å². The van der Waals surface area contributed by atoms with E-state index < -0.39 is 0 Å². The van der Waals surface area contributed by atoms with Gasteiger partial charge in [-0.05, 0) is 33.8 Å². The summed E-state index contributed by atoms with van der Waals surface area (Å²) < 4.78 is 1.11. The van der Waals surface area contributed by atoms with Gasteiger partial charge in [0.25, 0.3) is 0 Å². The van der Waals surface area contributed by atoms with Crippen LogP contribution in [-0.2, 0) is 11.3 Å². The summed E-state index contributed by atoms with van der Waals surface area (Å²) in [5, 5.41) is 8.02. The van der Waals surface area contributed by atoms with Gasteiger partial charge in [0, 0.05) is 22.4 Å². The molecule has 0 aliphatic heterocycles. The molecule has 0 radical (unpaired) electrons. The molecule has 5 heteroatoms. The third-order valence-electron chi connectivity index (χ3n) is 2.11. The smallest absolute Gasteiger partial charge is 0.233 e. The maximum absolute atomic E-state index is 11.3. The van der Waals surface area contributed by atoms with Crippen LogP contribution in [0.2, 0.25) is 0 Å². The molecule has 1 rings (SSSR count).